The summed E-state index contributed by atoms with van der Waals surface area (Å²) in [4.78, 5) is 22.8. The Morgan fingerprint density at radius 1 is 1.23 bits per heavy atom. The zero-order valence-corrected chi connectivity index (χ0v) is 14.8. The Hall–Kier alpha value is -3.07. The van der Waals surface area contributed by atoms with E-state index in [4.69, 9.17) is 10.2 Å². The zero-order chi connectivity index (χ0) is 18.5. The monoisotopic (exact) mass is 371 g/mol. The highest BCUT2D eigenvalue weighted by atomic mass is 32.2. The number of nitrogens with zero attached hydrogens (tertiary/aromatic N) is 3. The van der Waals surface area contributed by atoms with Gasteiger partial charge in [-0.05, 0) is 24.6 Å². The van der Waals surface area contributed by atoms with Crippen LogP contribution < -0.4 is 11.1 Å². The highest BCUT2D eigenvalue weighted by Crippen LogP contribution is 2.28. The molecule has 3 rings (SSSR count). The number of hydrogen-bond donors (Lipinski definition) is 2. The summed E-state index contributed by atoms with van der Waals surface area (Å²) >= 11 is 1.19. The van der Waals surface area contributed by atoms with Crippen LogP contribution in [0.4, 0.5) is 4.79 Å². The van der Waals surface area contributed by atoms with Crippen molar-refractivity contribution in [2.24, 2.45) is 5.73 Å². The standard InChI is InChI=1S/C17H17N5O3S/c1-11(15(23)19-16(18)24)26-17-21-20-14(13-8-5-9-25-13)22(17)10-12-6-3-2-4-7-12/h2-9,11H,10H2,1H3,(H3,18,19,23,24). The van der Waals surface area contributed by atoms with Crippen LogP contribution in [0.15, 0.2) is 58.3 Å². The Balaban J connectivity index is 1.90. The molecule has 0 saturated carbocycles. The number of imide groups is 1. The van der Waals surface area contributed by atoms with Crippen molar-refractivity contribution in [3.05, 3.63) is 54.3 Å². The lowest BCUT2D eigenvalue weighted by molar-refractivity contribution is -0.119. The fourth-order valence-corrected chi connectivity index (χ4v) is 3.16. The van der Waals surface area contributed by atoms with Gasteiger partial charge in [0.1, 0.15) is 0 Å². The van der Waals surface area contributed by atoms with Crippen molar-refractivity contribution >= 4 is 23.7 Å². The summed E-state index contributed by atoms with van der Waals surface area (Å²) in [6.45, 7) is 2.17. The fraction of sp³-hybridized carbons (Fsp3) is 0.176. The maximum atomic E-state index is 12.0. The number of primary amides is 1. The van der Waals surface area contributed by atoms with Crippen LogP contribution in [0.3, 0.4) is 0 Å². The van der Waals surface area contributed by atoms with Gasteiger partial charge < -0.3 is 10.2 Å². The Kier molecular flexibility index (Phi) is 5.37. The molecule has 2 aromatic heterocycles. The number of furan rings is 1. The van der Waals surface area contributed by atoms with E-state index in [1.54, 1.807) is 25.3 Å². The molecule has 9 heteroatoms. The van der Waals surface area contributed by atoms with E-state index in [9.17, 15) is 9.59 Å². The van der Waals surface area contributed by atoms with E-state index < -0.39 is 17.2 Å². The molecular weight excluding hydrogens is 354 g/mol. The van der Waals surface area contributed by atoms with Gasteiger partial charge in [-0.3, -0.25) is 14.7 Å². The van der Waals surface area contributed by atoms with Gasteiger partial charge in [-0.25, -0.2) is 4.79 Å². The average molecular weight is 371 g/mol. The number of rotatable bonds is 6. The van der Waals surface area contributed by atoms with Gasteiger partial charge in [-0.2, -0.15) is 0 Å². The SMILES string of the molecule is CC(Sc1nnc(-c2ccco2)n1Cc1ccccc1)C(=O)NC(N)=O. The van der Waals surface area contributed by atoms with Gasteiger partial charge in [0, 0.05) is 0 Å². The van der Waals surface area contributed by atoms with Crippen LogP contribution >= 0.6 is 11.8 Å². The molecule has 0 spiro atoms. The van der Waals surface area contributed by atoms with Gasteiger partial charge in [0.15, 0.2) is 10.9 Å². The van der Waals surface area contributed by atoms with Crippen LogP contribution in [-0.2, 0) is 11.3 Å². The summed E-state index contributed by atoms with van der Waals surface area (Å²) in [7, 11) is 0. The molecule has 26 heavy (non-hydrogen) atoms. The number of carbonyl (C=O) groups excluding carboxylic acids is 2. The first-order valence-electron chi connectivity index (χ1n) is 7.82. The molecule has 1 unspecified atom stereocenters. The van der Waals surface area contributed by atoms with Crippen LogP contribution in [0.5, 0.6) is 0 Å². The molecule has 1 aromatic carbocycles. The van der Waals surface area contributed by atoms with Crippen LogP contribution in [0.25, 0.3) is 11.6 Å². The third-order valence-corrected chi connectivity index (χ3v) is 4.62. The highest BCUT2D eigenvalue weighted by Gasteiger charge is 2.22. The van der Waals surface area contributed by atoms with Gasteiger partial charge in [-0.15, -0.1) is 10.2 Å². The fourth-order valence-electron chi connectivity index (χ4n) is 2.31. The Bertz CT molecular complexity index is 893. The second kappa shape index (κ2) is 7.87. The van der Waals surface area contributed by atoms with Crippen molar-refractivity contribution in [1.29, 1.82) is 0 Å². The summed E-state index contributed by atoms with van der Waals surface area (Å²) in [5.74, 6) is 0.648. The molecule has 0 aliphatic rings. The van der Waals surface area contributed by atoms with Crippen LogP contribution in [-0.4, -0.2) is 32.0 Å². The number of hydrogen-bond acceptors (Lipinski definition) is 6. The van der Waals surface area contributed by atoms with Crippen molar-refractivity contribution in [3.8, 4) is 11.6 Å². The summed E-state index contributed by atoms with van der Waals surface area (Å²) in [6, 6.07) is 12.5. The van der Waals surface area contributed by atoms with Crippen molar-refractivity contribution in [2.75, 3.05) is 0 Å². The number of nitrogens with two attached hydrogens (primary N) is 1. The number of amides is 3. The van der Waals surface area contributed by atoms with Gasteiger partial charge >= 0.3 is 6.03 Å². The highest BCUT2D eigenvalue weighted by molar-refractivity contribution is 8.00. The minimum atomic E-state index is -0.885. The van der Waals surface area contributed by atoms with E-state index in [-0.39, 0.29) is 0 Å². The molecule has 0 saturated heterocycles. The molecule has 3 amide bonds. The van der Waals surface area contributed by atoms with Crippen LogP contribution in [0, 0.1) is 0 Å². The maximum Gasteiger partial charge on any atom is 0.318 e. The molecule has 0 bridgehead atoms. The van der Waals surface area contributed by atoms with Gasteiger partial charge in [0.2, 0.25) is 11.7 Å². The molecular formula is C17H17N5O3S. The zero-order valence-electron chi connectivity index (χ0n) is 14.0. The topological polar surface area (TPSA) is 116 Å². The van der Waals surface area contributed by atoms with Gasteiger partial charge in [0.25, 0.3) is 0 Å². The minimum absolute atomic E-state index is 0.490. The van der Waals surface area contributed by atoms with E-state index in [1.807, 2.05) is 34.9 Å². The van der Waals surface area contributed by atoms with E-state index in [1.165, 1.54) is 11.8 Å². The Morgan fingerprint density at radius 2 is 2.00 bits per heavy atom. The average Bonchev–Trinajstić information content (AvgIpc) is 3.26. The maximum absolute atomic E-state index is 12.0. The predicted molar refractivity (Wildman–Crippen MR) is 96.3 cm³/mol. The first-order valence-corrected chi connectivity index (χ1v) is 8.70. The molecule has 3 aromatic rings. The van der Waals surface area contributed by atoms with Gasteiger partial charge in [-0.1, -0.05) is 42.1 Å². The lowest BCUT2D eigenvalue weighted by Gasteiger charge is -2.12. The number of benzene rings is 1. The first kappa shape index (κ1) is 17.7. The largest absolute Gasteiger partial charge is 0.461 e. The third-order valence-electron chi connectivity index (χ3n) is 3.54. The normalized spacial score (nSPS) is 11.9. The summed E-state index contributed by atoms with van der Waals surface area (Å²) < 4.78 is 7.31. The minimum Gasteiger partial charge on any atom is -0.461 e. The number of carbonyl (C=O) groups is 2. The summed E-state index contributed by atoms with van der Waals surface area (Å²) in [5.41, 5.74) is 6.05. The molecule has 2 heterocycles. The van der Waals surface area contributed by atoms with Gasteiger partial charge in [0.05, 0.1) is 18.1 Å². The molecule has 0 radical (unpaired) electrons. The Morgan fingerprint density at radius 3 is 2.65 bits per heavy atom. The third kappa shape index (κ3) is 4.12. The smallest absolute Gasteiger partial charge is 0.318 e. The number of aromatic nitrogens is 3. The molecule has 3 N–H and O–H groups in total. The number of thioether (sulfide) groups is 1. The van der Waals surface area contributed by atoms with E-state index in [0.717, 1.165) is 5.56 Å². The predicted octanol–water partition coefficient (Wildman–Crippen LogP) is 2.26. The quantitative estimate of drug-likeness (QED) is 0.642. The molecule has 1 atom stereocenters. The van der Waals surface area contributed by atoms with Crippen molar-refractivity contribution < 1.29 is 14.0 Å². The lowest BCUT2D eigenvalue weighted by Crippen LogP contribution is -2.39. The lowest BCUT2D eigenvalue weighted by atomic mass is 10.2. The van der Waals surface area contributed by atoms with Crippen molar-refractivity contribution in [1.82, 2.24) is 20.1 Å². The molecule has 0 fully saturated rings. The van der Waals surface area contributed by atoms with Crippen molar-refractivity contribution in [2.45, 2.75) is 23.9 Å². The summed E-state index contributed by atoms with van der Waals surface area (Å²) in [6.07, 6.45) is 1.56. The molecule has 134 valence electrons. The second-order valence-corrected chi connectivity index (χ2v) is 6.78. The summed E-state index contributed by atoms with van der Waals surface area (Å²) in [5, 5.41) is 10.4. The molecule has 0 aliphatic carbocycles. The van der Waals surface area contributed by atoms with Crippen LogP contribution in [0.1, 0.15) is 12.5 Å². The number of urea groups is 1. The molecule has 0 aliphatic heterocycles. The molecule has 8 nitrogen and oxygen atoms in total. The Labute approximate surface area is 153 Å². The number of nitrogens with one attached hydrogen (secondary N) is 1. The van der Waals surface area contributed by atoms with E-state index >= 15 is 0 Å². The van der Waals surface area contributed by atoms with Crippen LogP contribution in [0.2, 0.25) is 0 Å². The van der Waals surface area contributed by atoms with Crippen molar-refractivity contribution in [3.63, 3.8) is 0 Å². The van der Waals surface area contributed by atoms with E-state index in [2.05, 4.69) is 15.5 Å². The second-order valence-electron chi connectivity index (χ2n) is 5.47. The first-order chi connectivity index (χ1) is 12.5. The van der Waals surface area contributed by atoms with E-state index in [0.29, 0.717) is 23.3 Å².